The van der Waals surface area contributed by atoms with E-state index >= 15 is 0 Å². The number of ether oxygens (including phenoxy) is 2. The molecule has 3 rings (SSSR count). The van der Waals surface area contributed by atoms with Gasteiger partial charge in [0.25, 0.3) is 0 Å². The number of rotatable bonds is 4. The Kier molecular flexibility index (Phi) is 5.04. The largest absolute Gasteiger partial charge is 0.487 e. The van der Waals surface area contributed by atoms with Crippen molar-refractivity contribution in [2.24, 2.45) is 0 Å². The van der Waals surface area contributed by atoms with Crippen molar-refractivity contribution in [3.8, 4) is 16.9 Å². The van der Waals surface area contributed by atoms with Gasteiger partial charge < -0.3 is 14.6 Å². The molecule has 1 aliphatic rings. The number of esters is 1. The van der Waals surface area contributed by atoms with Crippen molar-refractivity contribution >= 4 is 5.97 Å². The third-order valence-electron chi connectivity index (χ3n) is 5.17. The minimum absolute atomic E-state index is 0.0537. The second-order valence-corrected chi connectivity index (χ2v) is 8.54. The molecule has 0 bridgehead atoms. The zero-order valence-corrected chi connectivity index (χ0v) is 16.8. The number of fused-ring (bicyclic) bond motifs is 1. The number of hydrogen-bond donors (Lipinski definition) is 1. The predicted octanol–water partition coefficient (Wildman–Crippen LogP) is 4.40. The summed E-state index contributed by atoms with van der Waals surface area (Å²) in [6.07, 6.45) is 1.16. The first kappa shape index (κ1) is 19.4. The van der Waals surface area contributed by atoms with Crippen molar-refractivity contribution in [2.75, 3.05) is 7.11 Å². The lowest BCUT2D eigenvalue weighted by Gasteiger charge is -2.43. The van der Waals surface area contributed by atoms with Gasteiger partial charge in [-0.05, 0) is 54.5 Å². The van der Waals surface area contributed by atoms with Crippen molar-refractivity contribution in [1.82, 2.24) is 0 Å². The maximum atomic E-state index is 11.4. The molecule has 144 valence electrons. The predicted molar refractivity (Wildman–Crippen MR) is 106 cm³/mol. The lowest BCUT2D eigenvalue weighted by atomic mass is 9.72. The molecule has 0 radical (unpaired) electrons. The van der Waals surface area contributed by atoms with Crippen molar-refractivity contribution in [1.29, 1.82) is 0 Å². The van der Waals surface area contributed by atoms with Gasteiger partial charge in [0, 0.05) is 11.1 Å². The SMILES string of the molecule is COC(=O)Cc1ccc(-c2cc(CO)c3c(c2)C(C)(C)CC(C)(C)O3)cc1. The van der Waals surface area contributed by atoms with Gasteiger partial charge in [0.15, 0.2) is 0 Å². The van der Waals surface area contributed by atoms with E-state index in [4.69, 9.17) is 9.47 Å². The first-order valence-corrected chi connectivity index (χ1v) is 9.28. The van der Waals surface area contributed by atoms with E-state index in [2.05, 4.69) is 33.8 Å². The van der Waals surface area contributed by atoms with E-state index in [0.29, 0.717) is 0 Å². The number of hydrogen-bond acceptors (Lipinski definition) is 4. The van der Waals surface area contributed by atoms with Crippen molar-refractivity contribution < 1.29 is 19.4 Å². The van der Waals surface area contributed by atoms with Crippen LogP contribution in [-0.2, 0) is 28.0 Å². The molecule has 1 heterocycles. The molecular weight excluding hydrogens is 340 g/mol. The summed E-state index contributed by atoms with van der Waals surface area (Å²) in [6.45, 7) is 8.56. The normalized spacial score (nSPS) is 17.0. The average Bonchev–Trinajstić information content (AvgIpc) is 2.60. The summed E-state index contributed by atoms with van der Waals surface area (Å²) < 4.78 is 11.0. The van der Waals surface area contributed by atoms with Gasteiger partial charge in [-0.1, -0.05) is 38.1 Å². The molecule has 4 nitrogen and oxygen atoms in total. The third-order valence-corrected chi connectivity index (χ3v) is 5.17. The van der Waals surface area contributed by atoms with Crippen LogP contribution >= 0.6 is 0 Å². The van der Waals surface area contributed by atoms with Crippen LogP contribution in [0.15, 0.2) is 36.4 Å². The Balaban J connectivity index is 2.02. The van der Waals surface area contributed by atoms with Gasteiger partial charge >= 0.3 is 5.97 Å². The highest BCUT2D eigenvalue weighted by atomic mass is 16.5. The van der Waals surface area contributed by atoms with E-state index in [1.165, 1.54) is 7.11 Å². The average molecular weight is 368 g/mol. The highest BCUT2D eigenvalue weighted by Crippen LogP contribution is 2.47. The molecule has 0 saturated heterocycles. The number of carbonyl (C=O) groups excluding carboxylic acids is 1. The van der Waals surface area contributed by atoms with E-state index < -0.39 is 0 Å². The Morgan fingerprint density at radius 2 is 1.78 bits per heavy atom. The van der Waals surface area contributed by atoms with Gasteiger partial charge in [0.05, 0.1) is 20.1 Å². The molecule has 1 aliphatic heterocycles. The summed E-state index contributed by atoms with van der Waals surface area (Å²) in [6, 6.07) is 12.0. The summed E-state index contributed by atoms with van der Waals surface area (Å²) in [5.74, 6) is 0.561. The van der Waals surface area contributed by atoms with Crippen molar-refractivity contribution in [3.05, 3.63) is 53.1 Å². The van der Waals surface area contributed by atoms with Crippen LogP contribution in [0.4, 0.5) is 0 Å². The van der Waals surface area contributed by atoms with E-state index in [0.717, 1.165) is 40.0 Å². The topological polar surface area (TPSA) is 55.8 Å². The van der Waals surface area contributed by atoms with Gasteiger partial charge in [0.2, 0.25) is 0 Å². The highest BCUT2D eigenvalue weighted by molar-refractivity contribution is 5.73. The Bertz CT molecular complexity index is 847. The van der Waals surface area contributed by atoms with Gasteiger partial charge in [-0.15, -0.1) is 0 Å². The standard InChI is InChI=1S/C23H28O4/c1-22(2)14-23(3,4)27-21-18(13-24)11-17(12-19(21)22)16-8-6-15(7-9-16)10-20(25)26-5/h6-9,11-12,24H,10,13-14H2,1-5H3. The molecule has 0 fully saturated rings. The lowest BCUT2D eigenvalue weighted by molar-refractivity contribution is -0.139. The monoisotopic (exact) mass is 368 g/mol. The second kappa shape index (κ2) is 7.01. The maximum absolute atomic E-state index is 11.4. The number of methoxy groups -OCH3 is 1. The summed E-state index contributed by atoms with van der Waals surface area (Å²) in [7, 11) is 1.39. The van der Waals surface area contributed by atoms with Crippen LogP contribution < -0.4 is 4.74 Å². The molecule has 4 heteroatoms. The smallest absolute Gasteiger partial charge is 0.309 e. The molecule has 0 aliphatic carbocycles. The number of aliphatic hydroxyl groups excluding tert-OH is 1. The molecule has 0 spiro atoms. The number of benzene rings is 2. The van der Waals surface area contributed by atoms with Gasteiger partial charge in [-0.2, -0.15) is 0 Å². The Hall–Kier alpha value is -2.33. The quantitative estimate of drug-likeness (QED) is 0.813. The van der Waals surface area contributed by atoms with Crippen molar-refractivity contribution in [3.63, 3.8) is 0 Å². The van der Waals surface area contributed by atoms with Gasteiger partial charge in [-0.3, -0.25) is 4.79 Å². The third kappa shape index (κ3) is 4.01. The maximum Gasteiger partial charge on any atom is 0.309 e. The van der Waals surface area contributed by atoms with Crippen LogP contribution in [0.2, 0.25) is 0 Å². The second-order valence-electron chi connectivity index (χ2n) is 8.54. The van der Waals surface area contributed by atoms with E-state index in [-0.39, 0.29) is 30.0 Å². The molecule has 0 saturated carbocycles. The first-order chi connectivity index (χ1) is 12.6. The minimum atomic E-state index is -0.266. The molecule has 0 unspecified atom stereocenters. The van der Waals surface area contributed by atoms with Crippen LogP contribution in [-0.4, -0.2) is 23.8 Å². The molecule has 0 amide bonds. The summed E-state index contributed by atoms with van der Waals surface area (Å²) in [5, 5.41) is 9.94. The first-order valence-electron chi connectivity index (χ1n) is 9.28. The number of aliphatic hydroxyl groups is 1. The molecule has 2 aromatic carbocycles. The van der Waals surface area contributed by atoms with E-state index in [1.54, 1.807) is 0 Å². The van der Waals surface area contributed by atoms with Crippen LogP contribution in [0.25, 0.3) is 11.1 Å². The zero-order valence-electron chi connectivity index (χ0n) is 16.8. The molecule has 2 aromatic rings. The fourth-order valence-electron chi connectivity index (χ4n) is 4.12. The summed E-state index contributed by atoms with van der Waals surface area (Å²) in [5.41, 5.74) is 4.61. The molecule has 0 atom stereocenters. The molecule has 1 N–H and O–H groups in total. The lowest BCUT2D eigenvalue weighted by Crippen LogP contribution is -2.41. The van der Waals surface area contributed by atoms with Crippen molar-refractivity contribution in [2.45, 2.75) is 58.2 Å². The fraction of sp³-hybridized carbons (Fsp3) is 0.435. The Morgan fingerprint density at radius 1 is 1.11 bits per heavy atom. The Labute approximate surface area is 161 Å². The molecule has 27 heavy (non-hydrogen) atoms. The van der Waals surface area contributed by atoms with Gasteiger partial charge in [0.1, 0.15) is 11.4 Å². The van der Waals surface area contributed by atoms with Crippen LogP contribution in [0.3, 0.4) is 0 Å². The molecule has 0 aromatic heterocycles. The van der Waals surface area contributed by atoms with Crippen LogP contribution in [0, 0.1) is 0 Å². The van der Waals surface area contributed by atoms with E-state index in [9.17, 15) is 9.90 Å². The number of carbonyl (C=O) groups is 1. The van der Waals surface area contributed by atoms with Crippen LogP contribution in [0.1, 0.15) is 50.8 Å². The summed E-state index contributed by atoms with van der Waals surface area (Å²) in [4.78, 5) is 11.4. The minimum Gasteiger partial charge on any atom is -0.487 e. The zero-order chi connectivity index (χ0) is 19.8. The Morgan fingerprint density at radius 3 is 2.37 bits per heavy atom. The fourth-order valence-corrected chi connectivity index (χ4v) is 4.12. The van der Waals surface area contributed by atoms with Gasteiger partial charge in [-0.25, -0.2) is 0 Å². The van der Waals surface area contributed by atoms with E-state index in [1.807, 2.05) is 30.3 Å². The molecular formula is C23H28O4. The summed E-state index contributed by atoms with van der Waals surface area (Å²) >= 11 is 0. The highest BCUT2D eigenvalue weighted by Gasteiger charge is 2.40. The van der Waals surface area contributed by atoms with Crippen LogP contribution in [0.5, 0.6) is 5.75 Å².